The fourth-order valence-electron chi connectivity index (χ4n) is 2.44. The molecule has 1 N–H and O–H groups in total. The first kappa shape index (κ1) is 16.7. The van der Waals surface area contributed by atoms with Crippen LogP contribution in [0.5, 0.6) is 5.75 Å². The normalized spacial score (nSPS) is 11.0. The van der Waals surface area contributed by atoms with E-state index in [0.717, 1.165) is 16.9 Å². The van der Waals surface area contributed by atoms with Crippen molar-refractivity contribution in [2.24, 2.45) is 0 Å². The number of anilines is 1. The summed E-state index contributed by atoms with van der Waals surface area (Å²) in [4.78, 5) is 14.5. The number of hydrogen-bond donors (Lipinski definition) is 1. The summed E-state index contributed by atoms with van der Waals surface area (Å²) in [5.41, 5.74) is 2.53. The Morgan fingerprint density at radius 2 is 2.12 bits per heavy atom. The van der Waals surface area contributed by atoms with Crippen LogP contribution in [0.3, 0.4) is 0 Å². The number of hydrogen-bond acceptors (Lipinski definition) is 6. The molecule has 0 aliphatic carbocycles. The van der Waals surface area contributed by atoms with Crippen LogP contribution >= 0.6 is 0 Å². The Labute approximate surface area is 144 Å². The molecule has 0 unspecified atom stereocenters. The maximum absolute atomic E-state index is 11.0. The molecule has 25 heavy (non-hydrogen) atoms. The minimum Gasteiger partial charge on any atom is -0.491 e. The Hall–Kier alpha value is -3.16. The summed E-state index contributed by atoms with van der Waals surface area (Å²) in [5, 5.41) is 18.4. The predicted octanol–water partition coefficient (Wildman–Crippen LogP) is 3.35. The van der Waals surface area contributed by atoms with Crippen LogP contribution in [-0.2, 0) is 6.54 Å². The first-order valence-electron chi connectivity index (χ1n) is 7.93. The Morgan fingerprint density at radius 1 is 1.32 bits per heavy atom. The molecule has 0 bridgehead atoms. The van der Waals surface area contributed by atoms with Gasteiger partial charge in [0.2, 0.25) is 5.65 Å². The third-order valence-electron chi connectivity index (χ3n) is 3.58. The predicted molar refractivity (Wildman–Crippen MR) is 93.9 cm³/mol. The monoisotopic (exact) mass is 341 g/mol. The number of nitrogens with zero attached hydrogens (tertiary/aromatic N) is 4. The standard InChI is InChI=1S/C17H19N5O3/c1-11(2)25-14-8-12(3)4-5-13(14)9-18-15-6-7-16-19-10-17(22(23)24)21(16)20-15/h4-8,10-11H,9H2,1-3H3,(H,18,20). The lowest BCUT2D eigenvalue weighted by Gasteiger charge is -2.15. The van der Waals surface area contributed by atoms with Crippen LogP contribution in [0.25, 0.3) is 5.65 Å². The summed E-state index contributed by atoms with van der Waals surface area (Å²) < 4.78 is 7.07. The lowest BCUT2D eigenvalue weighted by atomic mass is 10.1. The Balaban J connectivity index is 1.83. The highest BCUT2D eigenvalue weighted by Crippen LogP contribution is 2.23. The zero-order valence-electron chi connectivity index (χ0n) is 14.3. The summed E-state index contributed by atoms with van der Waals surface area (Å²) in [6, 6.07) is 9.43. The molecule has 8 heteroatoms. The van der Waals surface area contributed by atoms with Crippen molar-refractivity contribution in [3.63, 3.8) is 0 Å². The SMILES string of the molecule is Cc1ccc(CNc2ccc3ncc([N+](=O)[O-])n3n2)c(OC(C)C)c1. The number of fused-ring (bicyclic) bond motifs is 1. The topological polar surface area (TPSA) is 94.6 Å². The highest BCUT2D eigenvalue weighted by atomic mass is 16.6. The van der Waals surface area contributed by atoms with Gasteiger partial charge in [0.15, 0.2) is 5.82 Å². The van der Waals surface area contributed by atoms with Gasteiger partial charge < -0.3 is 20.2 Å². The molecule has 3 rings (SSSR count). The molecule has 0 spiro atoms. The van der Waals surface area contributed by atoms with E-state index in [-0.39, 0.29) is 11.9 Å². The molecule has 2 heterocycles. The summed E-state index contributed by atoms with van der Waals surface area (Å²) >= 11 is 0. The minimum atomic E-state index is -0.509. The largest absolute Gasteiger partial charge is 0.491 e. The van der Waals surface area contributed by atoms with Crippen molar-refractivity contribution < 1.29 is 9.66 Å². The summed E-state index contributed by atoms with van der Waals surface area (Å²) in [6.07, 6.45) is 1.27. The fraction of sp³-hybridized carbons (Fsp3) is 0.294. The number of aromatic nitrogens is 3. The molecule has 3 aromatic rings. The van der Waals surface area contributed by atoms with Gasteiger partial charge in [-0.1, -0.05) is 21.7 Å². The molecular weight excluding hydrogens is 322 g/mol. The van der Waals surface area contributed by atoms with Gasteiger partial charge in [-0.05, 0) is 43.4 Å². The third-order valence-corrected chi connectivity index (χ3v) is 3.58. The molecule has 0 aliphatic heterocycles. The van der Waals surface area contributed by atoms with E-state index in [2.05, 4.69) is 15.4 Å². The molecule has 1 aromatic carbocycles. The summed E-state index contributed by atoms with van der Waals surface area (Å²) in [7, 11) is 0. The van der Waals surface area contributed by atoms with Crippen molar-refractivity contribution in [3.8, 4) is 5.75 Å². The average Bonchev–Trinajstić information content (AvgIpc) is 2.97. The van der Waals surface area contributed by atoms with Crippen molar-refractivity contribution in [2.45, 2.75) is 33.4 Å². The van der Waals surface area contributed by atoms with Crippen molar-refractivity contribution in [2.75, 3.05) is 5.32 Å². The number of ether oxygens (including phenoxy) is 1. The Morgan fingerprint density at radius 3 is 2.84 bits per heavy atom. The number of nitro groups is 1. The number of aryl methyl sites for hydroxylation is 1. The van der Waals surface area contributed by atoms with Crippen LogP contribution in [0.4, 0.5) is 11.6 Å². The van der Waals surface area contributed by atoms with Gasteiger partial charge in [-0.25, -0.2) is 4.98 Å². The number of rotatable bonds is 6. The fourth-order valence-corrected chi connectivity index (χ4v) is 2.44. The van der Waals surface area contributed by atoms with Crippen molar-refractivity contribution in [1.29, 1.82) is 0 Å². The smallest absolute Gasteiger partial charge is 0.368 e. The first-order chi connectivity index (χ1) is 11.9. The summed E-state index contributed by atoms with van der Waals surface area (Å²) in [6.45, 7) is 6.46. The van der Waals surface area contributed by atoms with Gasteiger partial charge in [0.25, 0.3) is 0 Å². The maximum Gasteiger partial charge on any atom is 0.368 e. The van der Waals surface area contributed by atoms with E-state index in [4.69, 9.17) is 4.74 Å². The van der Waals surface area contributed by atoms with Crippen LogP contribution in [0, 0.1) is 17.0 Å². The highest BCUT2D eigenvalue weighted by molar-refractivity contribution is 5.49. The van der Waals surface area contributed by atoms with Crippen LogP contribution in [0.2, 0.25) is 0 Å². The van der Waals surface area contributed by atoms with Gasteiger partial charge in [-0.2, -0.15) is 0 Å². The Bertz CT molecular complexity index is 920. The van der Waals surface area contributed by atoms with E-state index in [1.807, 2.05) is 39.0 Å². The van der Waals surface area contributed by atoms with Gasteiger partial charge in [0.1, 0.15) is 11.9 Å². The van der Waals surface area contributed by atoms with Gasteiger partial charge >= 0.3 is 5.82 Å². The van der Waals surface area contributed by atoms with Crippen molar-refractivity contribution >= 4 is 17.3 Å². The van der Waals surface area contributed by atoms with E-state index in [0.29, 0.717) is 18.0 Å². The van der Waals surface area contributed by atoms with E-state index >= 15 is 0 Å². The second kappa shape index (κ2) is 6.76. The zero-order chi connectivity index (χ0) is 18.0. The number of imidazole rings is 1. The minimum absolute atomic E-state index is 0.0728. The second-order valence-corrected chi connectivity index (χ2v) is 5.99. The third kappa shape index (κ3) is 3.68. The molecular formula is C17H19N5O3. The van der Waals surface area contributed by atoms with Crippen LogP contribution in [0.1, 0.15) is 25.0 Å². The zero-order valence-corrected chi connectivity index (χ0v) is 14.3. The molecule has 0 saturated carbocycles. The van der Waals surface area contributed by atoms with Crippen LogP contribution in [-0.4, -0.2) is 25.6 Å². The van der Waals surface area contributed by atoms with Crippen molar-refractivity contribution in [1.82, 2.24) is 14.6 Å². The molecule has 2 aromatic heterocycles. The van der Waals surface area contributed by atoms with E-state index < -0.39 is 4.92 Å². The molecule has 0 amide bonds. The number of nitrogens with one attached hydrogen (secondary N) is 1. The molecule has 0 fully saturated rings. The summed E-state index contributed by atoms with van der Waals surface area (Å²) in [5.74, 6) is 1.17. The number of benzene rings is 1. The lowest BCUT2D eigenvalue weighted by molar-refractivity contribution is -0.391. The molecule has 8 nitrogen and oxygen atoms in total. The maximum atomic E-state index is 11.0. The van der Waals surface area contributed by atoms with Gasteiger partial charge in [0.05, 0.1) is 6.10 Å². The van der Waals surface area contributed by atoms with E-state index in [9.17, 15) is 10.1 Å². The Kier molecular flexibility index (Phi) is 4.51. The highest BCUT2D eigenvalue weighted by Gasteiger charge is 2.16. The van der Waals surface area contributed by atoms with E-state index in [1.165, 1.54) is 10.7 Å². The van der Waals surface area contributed by atoms with E-state index in [1.54, 1.807) is 12.1 Å². The van der Waals surface area contributed by atoms with Crippen molar-refractivity contribution in [3.05, 3.63) is 57.8 Å². The molecule has 0 atom stereocenters. The molecule has 130 valence electrons. The van der Waals surface area contributed by atoms with Gasteiger partial charge in [-0.3, -0.25) is 0 Å². The average molecular weight is 341 g/mol. The van der Waals surface area contributed by atoms with Crippen LogP contribution in [0.15, 0.2) is 36.5 Å². The second-order valence-electron chi connectivity index (χ2n) is 5.99. The molecule has 0 saturated heterocycles. The lowest BCUT2D eigenvalue weighted by Crippen LogP contribution is -2.10. The van der Waals surface area contributed by atoms with Crippen LogP contribution < -0.4 is 10.1 Å². The molecule has 0 radical (unpaired) electrons. The van der Waals surface area contributed by atoms with Gasteiger partial charge in [0, 0.05) is 18.2 Å². The first-order valence-corrected chi connectivity index (χ1v) is 7.93. The van der Waals surface area contributed by atoms with Gasteiger partial charge in [-0.15, -0.1) is 0 Å². The quantitative estimate of drug-likeness (QED) is 0.546. The molecule has 0 aliphatic rings.